The summed E-state index contributed by atoms with van der Waals surface area (Å²) in [6.45, 7) is 15.5. The molecule has 4 N–H and O–H groups in total. The normalized spacial score (nSPS) is 44.3. The van der Waals surface area contributed by atoms with Crippen LogP contribution in [-0.4, -0.2) is 62.0 Å². The largest absolute Gasteiger partial charge is 0.392 e. The Labute approximate surface area is 206 Å². The summed E-state index contributed by atoms with van der Waals surface area (Å²) in [5, 5.41) is 35.4. The van der Waals surface area contributed by atoms with Gasteiger partial charge in [-0.05, 0) is 46.0 Å². The van der Waals surface area contributed by atoms with Gasteiger partial charge in [-0.25, -0.2) is 4.79 Å². The van der Waals surface area contributed by atoms with Crippen molar-refractivity contribution >= 4 is 17.7 Å². The second-order valence-corrected chi connectivity index (χ2v) is 11.9. The number of ether oxygens (including phenoxy) is 1. The van der Waals surface area contributed by atoms with Gasteiger partial charge in [-0.1, -0.05) is 32.4 Å². The van der Waals surface area contributed by atoms with Crippen molar-refractivity contribution in [3.63, 3.8) is 0 Å². The topological polar surface area (TPSA) is 142 Å². The fourth-order valence-corrected chi connectivity index (χ4v) is 7.17. The average molecular weight is 494 g/mol. The van der Waals surface area contributed by atoms with Crippen LogP contribution in [0.3, 0.4) is 0 Å². The Balaban J connectivity index is 2.20. The first kappa shape index (κ1) is 27.5. The summed E-state index contributed by atoms with van der Waals surface area (Å²) in [6.07, 6.45) is 0.593. The fraction of sp³-hybridized carbons (Fsp3) is 0.731. The minimum atomic E-state index is -2.34. The van der Waals surface area contributed by atoms with Crippen LogP contribution in [-0.2, 0) is 24.0 Å². The molecule has 2 saturated carbocycles. The van der Waals surface area contributed by atoms with Crippen molar-refractivity contribution in [2.24, 2.45) is 22.7 Å². The fourth-order valence-electron chi connectivity index (χ4n) is 7.17. The maximum Gasteiger partial charge on any atom is 0.355 e. The zero-order valence-corrected chi connectivity index (χ0v) is 21.7. The molecule has 1 amide bonds. The monoisotopic (exact) mass is 493 g/mol. The number of rotatable bonds is 3. The first-order valence-electron chi connectivity index (χ1n) is 12.0. The van der Waals surface area contributed by atoms with E-state index in [1.165, 1.54) is 19.1 Å². The average Bonchev–Trinajstić information content (AvgIpc) is 2.72. The zero-order valence-electron chi connectivity index (χ0n) is 21.7. The van der Waals surface area contributed by atoms with Crippen LogP contribution in [0.1, 0.15) is 67.7 Å². The molecular weight excluding hydrogens is 454 g/mol. The van der Waals surface area contributed by atoms with Crippen LogP contribution >= 0.6 is 0 Å². The number of fused-ring (bicyclic) bond motifs is 3. The summed E-state index contributed by atoms with van der Waals surface area (Å²) in [6, 6.07) is 0. The minimum Gasteiger partial charge on any atom is -0.392 e. The van der Waals surface area contributed by atoms with Crippen LogP contribution in [0.5, 0.6) is 0 Å². The highest BCUT2D eigenvalue weighted by Crippen LogP contribution is 2.67. The molecule has 196 valence electrons. The third kappa shape index (κ3) is 3.79. The molecule has 1 aliphatic heterocycles. The Morgan fingerprint density at radius 1 is 1.17 bits per heavy atom. The van der Waals surface area contributed by atoms with E-state index in [2.05, 4.69) is 12.1 Å². The van der Waals surface area contributed by atoms with E-state index in [0.717, 1.165) is 0 Å². The summed E-state index contributed by atoms with van der Waals surface area (Å²) < 4.78 is 6.32. The number of carbonyl (C=O) groups excluding carboxylic acids is 3. The van der Waals surface area contributed by atoms with E-state index in [4.69, 9.17) is 9.57 Å². The van der Waals surface area contributed by atoms with E-state index < -0.39 is 69.3 Å². The van der Waals surface area contributed by atoms with Crippen molar-refractivity contribution in [1.29, 1.82) is 0 Å². The van der Waals surface area contributed by atoms with Crippen LogP contribution in [0, 0.1) is 22.7 Å². The predicted octanol–water partition coefficient (Wildman–Crippen LogP) is 1.75. The van der Waals surface area contributed by atoms with Crippen LogP contribution in [0.15, 0.2) is 24.3 Å². The molecule has 3 fully saturated rings. The van der Waals surface area contributed by atoms with E-state index in [9.17, 15) is 29.7 Å². The third-order valence-electron chi connectivity index (χ3n) is 8.75. The number of aliphatic hydroxyl groups is 3. The van der Waals surface area contributed by atoms with Gasteiger partial charge in [-0.3, -0.25) is 9.59 Å². The molecule has 1 saturated heterocycles. The third-order valence-corrected chi connectivity index (χ3v) is 8.75. The number of hydroxylamine groups is 1. The predicted molar refractivity (Wildman–Crippen MR) is 126 cm³/mol. The Morgan fingerprint density at radius 3 is 2.31 bits per heavy atom. The lowest BCUT2D eigenvalue weighted by Gasteiger charge is -2.71. The van der Waals surface area contributed by atoms with Crippen molar-refractivity contribution in [2.45, 2.75) is 96.7 Å². The molecule has 3 rings (SSSR count). The molecule has 0 aromatic heterocycles. The minimum absolute atomic E-state index is 0.224. The maximum absolute atomic E-state index is 13.8. The number of Topliss-reactive ketones (excluding diaryl/α,β-unsaturated/α-hetero) is 1. The van der Waals surface area contributed by atoms with Gasteiger partial charge in [-0.2, -0.15) is 5.48 Å². The van der Waals surface area contributed by atoms with Gasteiger partial charge in [0.2, 0.25) is 0 Å². The van der Waals surface area contributed by atoms with Gasteiger partial charge in [0.15, 0.2) is 11.4 Å². The Kier molecular flexibility index (Phi) is 6.69. The Hall–Kier alpha value is -2.07. The lowest BCUT2D eigenvalue weighted by molar-refractivity contribution is -0.356. The number of aliphatic hydroxyl groups excluding tert-OH is 2. The van der Waals surface area contributed by atoms with Gasteiger partial charge >= 0.3 is 5.97 Å². The van der Waals surface area contributed by atoms with Crippen molar-refractivity contribution in [3.05, 3.63) is 24.3 Å². The van der Waals surface area contributed by atoms with Gasteiger partial charge in [0.25, 0.3) is 5.91 Å². The molecule has 9 nitrogen and oxygen atoms in total. The molecule has 0 radical (unpaired) electrons. The number of allylic oxidation sites excluding steroid dienone is 1. The molecule has 0 spiro atoms. The lowest BCUT2D eigenvalue weighted by atomic mass is 9.38. The highest BCUT2D eigenvalue weighted by atomic mass is 16.7. The maximum atomic E-state index is 13.8. The molecule has 3 aliphatic rings. The molecular formula is C26H39NO8. The van der Waals surface area contributed by atoms with E-state index in [-0.39, 0.29) is 6.42 Å². The highest BCUT2D eigenvalue weighted by molar-refractivity contribution is 5.94. The smallest absolute Gasteiger partial charge is 0.355 e. The molecule has 0 bridgehead atoms. The lowest BCUT2D eigenvalue weighted by Crippen LogP contribution is -2.86. The van der Waals surface area contributed by atoms with Crippen molar-refractivity contribution in [1.82, 2.24) is 5.48 Å². The summed E-state index contributed by atoms with van der Waals surface area (Å²) >= 11 is 0. The second kappa shape index (κ2) is 8.50. The quantitative estimate of drug-likeness (QED) is 0.265. The van der Waals surface area contributed by atoms with Gasteiger partial charge in [0.05, 0.1) is 23.7 Å². The molecule has 1 heterocycles. The SMILES string of the molecule is C=C[C@@]1(C)CC(=O)[C@]2(O)[C@@]3(C)[C@@H](O)CCC(C)(C)[C@@H]3[C@H](O)[C@H](C(=O)NOC(=O)C=C(C)C)[C@@]2(C)O1. The van der Waals surface area contributed by atoms with E-state index in [1.807, 2.05) is 13.8 Å². The van der Waals surface area contributed by atoms with E-state index >= 15 is 0 Å². The zero-order chi connectivity index (χ0) is 26.8. The number of hydrogen-bond acceptors (Lipinski definition) is 8. The number of amides is 1. The summed E-state index contributed by atoms with van der Waals surface area (Å²) in [5.41, 5.74) is -5.01. The van der Waals surface area contributed by atoms with Crippen molar-refractivity contribution < 1.29 is 39.3 Å². The molecule has 9 heteroatoms. The molecule has 8 atom stereocenters. The molecule has 0 aromatic rings. The van der Waals surface area contributed by atoms with Crippen molar-refractivity contribution in [3.8, 4) is 0 Å². The number of nitrogens with one attached hydrogen (secondary N) is 1. The summed E-state index contributed by atoms with van der Waals surface area (Å²) in [7, 11) is 0. The van der Waals surface area contributed by atoms with Crippen LogP contribution in [0.25, 0.3) is 0 Å². The second-order valence-electron chi connectivity index (χ2n) is 11.9. The molecule has 0 unspecified atom stereocenters. The molecule has 2 aliphatic carbocycles. The first-order valence-corrected chi connectivity index (χ1v) is 12.0. The Bertz CT molecular complexity index is 970. The Morgan fingerprint density at radius 2 is 1.77 bits per heavy atom. The van der Waals surface area contributed by atoms with E-state index in [0.29, 0.717) is 18.4 Å². The molecule has 0 aromatic carbocycles. The first-order chi connectivity index (χ1) is 15.9. The van der Waals surface area contributed by atoms with Gasteiger partial charge in [-0.15, -0.1) is 6.58 Å². The number of carbonyl (C=O) groups is 3. The van der Waals surface area contributed by atoms with Gasteiger partial charge in [0, 0.05) is 23.8 Å². The highest BCUT2D eigenvalue weighted by Gasteiger charge is 2.81. The molecule has 35 heavy (non-hydrogen) atoms. The van der Waals surface area contributed by atoms with Gasteiger partial charge < -0.3 is 24.9 Å². The van der Waals surface area contributed by atoms with Crippen molar-refractivity contribution in [2.75, 3.05) is 0 Å². The van der Waals surface area contributed by atoms with Gasteiger partial charge in [0.1, 0.15) is 5.60 Å². The standard InChI is InChI=1S/C26H39NO8/c1-9-23(6)13-16(29)26(33)24(7)15(28)10-11-22(4,5)20(24)19(31)18(25(26,8)35-23)21(32)27-34-17(30)12-14(2)3/h9,12,15,18-20,28,31,33H,1,10-11,13H2,2-8H3,(H,27,32)/t15-,18+,19+,20-,23-,24-,25+,26-/m0/s1. The summed E-state index contributed by atoms with van der Waals surface area (Å²) in [4.78, 5) is 44.2. The van der Waals surface area contributed by atoms with E-state index in [1.54, 1.807) is 27.7 Å². The summed E-state index contributed by atoms with van der Waals surface area (Å²) in [5.74, 6) is -4.73. The van der Waals surface area contributed by atoms with Crippen LogP contribution < -0.4 is 5.48 Å². The number of ketones is 1. The van der Waals surface area contributed by atoms with Crippen LogP contribution in [0.4, 0.5) is 0 Å². The number of hydrogen-bond donors (Lipinski definition) is 4. The van der Waals surface area contributed by atoms with Crippen LogP contribution in [0.2, 0.25) is 0 Å².